The number of imide groups is 1. The summed E-state index contributed by atoms with van der Waals surface area (Å²) in [6, 6.07) is 12.1. The maximum absolute atomic E-state index is 12.9. The number of ether oxygens (including phenoxy) is 1. The van der Waals surface area contributed by atoms with E-state index in [1.54, 1.807) is 23.0 Å². The van der Waals surface area contributed by atoms with Crippen LogP contribution in [0.25, 0.3) is 16.9 Å². The molecule has 34 heavy (non-hydrogen) atoms. The molecule has 1 unspecified atom stereocenters. The van der Waals surface area contributed by atoms with E-state index in [0.29, 0.717) is 17.7 Å². The Hall–Kier alpha value is -4.34. The summed E-state index contributed by atoms with van der Waals surface area (Å²) in [4.78, 5) is 49.7. The van der Waals surface area contributed by atoms with E-state index in [1.165, 1.54) is 12.0 Å². The third-order valence-electron chi connectivity index (χ3n) is 6.06. The van der Waals surface area contributed by atoms with Gasteiger partial charge < -0.3 is 9.64 Å². The number of benzene rings is 2. The minimum atomic E-state index is -0.656. The molecule has 1 atom stereocenters. The average molecular weight is 459 g/mol. The summed E-state index contributed by atoms with van der Waals surface area (Å²) < 4.78 is 6.34. The summed E-state index contributed by atoms with van der Waals surface area (Å²) in [6.45, 7) is 0.283. The number of rotatable bonds is 5. The monoisotopic (exact) mass is 459 g/mol. The maximum Gasteiger partial charge on any atom is 0.309 e. The SMILES string of the molecule is COC(=O)Cc1cccc(-c2cn(-c3ccc4c(c3)CN(C3CCC(=O)NC3=O)C4=O)nn2)c1. The Balaban J connectivity index is 1.37. The zero-order valence-electron chi connectivity index (χ0n) is 18.4. The molecule has 1 N–H and O–H groups in total. The molecular formula is C24H21N5O5. The van der Waals surface area contributed by atoms with Gasteiger partial charge in [-0.25, -0.2) is 4.68 Å². The first-order valence-corrected chi connectivity index (χ1v) is 10.8. The van der Waals surface area contributed by atoms with E-state index in [0.717, 1.165) is 22.4 Å². The number of nitrogens with zero attached hydrogens (tertiary/aromatic N) is 4. The van der Waals surface area contributed by atoms with Crippen molar-refractivity contribution in [2.45, 2.75) is 31.8 Å². The number of hydrogen-bond acceptors (Lipinski definition) is 7. The zero-order chi connectivity index (χ0) is 23.8. The van der Waals surface area contributed by atoms with Gasteiger partial charge in [-0.1, -0.05) is 23.4 Å². The number of esters is 1. The van der Waals surface area contributed by atoms with E-state index in [2.05, 4.69) is 15.6 Å². The van der Waals surface area contributed by atoms with Crippen LogP contribution in [0.4, 0.5) is 0 Å². The molecule has 2 aliphatic heterocycles. The summed E-state index contributed by atoms with van der Waals surface area (Å²) >= 11 is 0. The highest BCUT2D eigenvalue weighted by molar-refractivity contribution is 6.05. The second-order valence-electron chi connectivity index (χ2n) is 8.24. The van der Waals surface area contributed by atoms with Gasteiger partial charge in [0.25, 0.3) is 5.91 Å². The predicted octanol–water partition coefficient (Wildman–Crippen LogP) is 1.41. The van der Waals surface area contributed by atoms with E-state index in [1.807, 2.05) is 30.3 Å². The van der Waals surface area contributed by atoms with Gasteiger partial charge >= 0.3 is 5.97 Å². The molecule has 10 heteroatoms. The molecule has 0 saturated carbocycles. The lowest BCUT2D eigenvalue weighted by molar-refractivity contribution is -0.140. The quantitative estimate of drug-likeness (QED) is 0.452. The van der Waals surface area contributed by atoms with E-state index < -0.39 is 11.9 Å². The Labute approximate surface area is 194 Å². The van der Waals surface area contributed by atoms with Crippen LogP contribution in [-0.2, 0) is 32.1 Å². The lowest BCUT2D eigenvalue weighted by atomic mass is 10.0. The first kappa shape index (κ1) is 21.5. The highest BCUT2D eigenvalue weighted by Gasteiger charge is 2.39. The maximum atomic E-state index is 12.9. The Morgan fingerprint density at radius 2 is 2.03 bits per heavy atom. The van der Waals surface area contributed by atoms with Crippen LogP contribution in [0.1, 0.15) is 34.3 Å². The van der Waals surface area contributed by atoms with Crippen molar-refractivity contribution in [1.29, 1.82) is 0 Å². The van der Waals surface area contributed by atoms with Gasteiger partial charge in [-0.2, -0.15) is 0 Å². The van der Waals surface area contributed by atoms with Gasteiger partial charge in [0.15, 0.2) is 0 Å². The van der Waals surface area contributed by atoms with Crippen molar-refractivity contribution < 1.29 is 23.9 Å². The minimum Gasteiger partial charge on any atom is -0.469 e. The number of fused-ring (bicyclic) bond motifs is 1. The second-order valence-corrected chi connectivity index (χ2v) is 8.24. The number of piperidine rings is 1. The molecule has 3 aromatic rings. The average Bonchev–Trinajstić information content (AvgIpc) is 3.44. The van der Waals surface area contributed by atoms with Crippen molar-refractivity contribution in [3.8, 4) is 16.9 Å². The van der Waals surface area contributed by atoms with Crippen LogP contribution in [0.3, 0.4) is 0 Å². The molecular weight excluding hydrogens is 438 g/mol. The van der Waals surface area contributed by atoms with Gasteiger partial charge in [-0.3, -0.25) is 24.5 Å². The molecule has 1 fully saturated rings. The standard InChI is InChI=1S/C24H21N5O5/c1-34-22(31)10-14-3-2-4-15(9-14)19-13-29(27-26-19)17-5-6-18-16(11-17)12-28(24(18)33)20-7-8-21(30)25-23(20)32/h2-6,9,11,13,20H,7-8,10,12H2,1H3,(H,25,30,32). The van der Waals surface area contributed by atoms with Crippen LogP contribution < -0.4 is 5.32 Å². The van der Waals surface area contributed by atoms with Crippen LogP contribution >= 0.6 is 0 Å². The molecule has 10 nitrogen and oxygen atoms in total. The van der Waals surface area contributed by atoms with Crippen molar-refractivity contribution in [2.75, 3.05) is 7.11 Å². The largest absolute Gasteiger partial charge is 0.469 e. The molecule has 2 aliphatic rings. The fourth-order valence-electron chi connectivity index (χ4n) is 4.31. The van der Waals surface area contributed by atoms with Crippen molar-refractivity contribution in [3.63, 3.8) is 0 Å². The fraction of sp³-hybridized carbons (Fsp3) is 0.250. The second kappa shape index (κ2) is 8.54. The molecule has 0 bridgehead atoms. The summed E-state index contributed by atoms with van der Waals surface area (Å²) in [5, 5.41) is 10.8. The highest BCUT2D eigenvalue weighted by atomic mass is 16.5. The number of amides is 3. The van der Waals surface area contributed by atoms with Crippen LogP contribution in [0.15, 0.2) is 48.7 Å². The van der Waals surface area contributed by atoms with Crippen LogP contribution in [0.5, 0.6) is 0 Å². The van der Waals surface area contributed by atoms with Gasteiger partial charge in [0.1, 0.15) is 11.7 Å². The van der Waals surface area contributed by atoms with E-state index in [-0.39, 0.29) is 37.2 Å². The number of hydrogen-bond donors (Lipinski definition) is 1. The molecule has 3 amide bonds. The lowest BCUT2D eigenvalue weighted by Crippen LogP contribution is -2.52. The Morgan fingerprint density at radius 1 is 1.18 bits per heavy atom. The molecule has 1 saturated heterocycles. The van der Waals surface area contributed by atoms with Gasteiger partial charge in [0.2, 0.25) is 11.8 Å². The fourth-order valence-corrected chi connectivity index (χ4v) is 4.31. The van der Waals surface area contributed by atoms with Gasteiger partial charge in [0.05, 0.1) is 25.4 Å². The van der Waals surface area contributed by atoms with Crippen molar-refractivity contribution >= 4 is 23.7 Å². The molecule has 0 radical (unpaired) electrons. The summed E-state index contributed by atoms with van der Waals surface area (Å²) in [5.41, 5.74) is 4.29. The number of carbonyl (C=O) groups excluding carboxylic acids is 4. The zero-order valence-corrected chi connectivity index (χ0v) is 18.4. The molecule has 0 aliphatic carbocycles. The van der Waals surface area contributed by atoms with Gasteiger partial charge in [-0.05, 0) is 41.8 Å². The van der Waals surface area contributed by atoms with Crippen LogP contribution in [-0.4, -0.2) is 56.7 Å². The van der Waals surface area contributed by atoms with Crippen molar-refractivity contribution in [3.05, 3.63) is 65.4 Å². The van der Waals surface area contributed by atoms with E-state index >= 15 is 0 Å². The smallest absolute Gasteiger partial charge is 0.309 e. The lowest BCUT2D eigenvalue weighted by Gasteiger charge is -2.29. The minimum absolute atomic E-state index is 0.168. The topological polar surface area (TPSA) is 123 Å². The summed E-state index contributed by atoms with van der Waals surface area (Å²) in [7, 11) is 1.35. The van der Waals surface area contributed by atoms with E-state index in [9.17, 15) is 19.2 Å². The third kappa shape index (κ3) is 3.94. The van der Waals surface area contributed by atoms with Gasteiger partial charge in [-0.15, -0.1) is 5.10 Å². The molecule has 0 spiro atoms. The Kier molecular flexibility index (Phi) is 5.40. The van der Waals surface area contributed by atoms with E-state index in [4.69, 9.17) is 4.74 Å². The summed E-state index contributed by atoms with van der Waals surface area (Å²) in [6.07, 6.45) is 2.47. The molecule has 2 aromatic carbocycles. The molecule has 5 rings (SSSR count). The molecule has 3 heterocycles. The number of carbonyl (C=O) groups is 4. The summed E-state index contributed by atoms with van der Waals surface area (Å²) in [5.74, 6) is -1.30. The highest BCUT2D eigenvalue weighted by Crippen LogP contribution is 2.29. The normalized spacial score (nSPS) is 17.5. The first-order valence-electron chi connectivity index (χ1n) is 10.8. The predicted molar refractivity (Wildman–Crippen MR) is 119 cm³/mol. The van der Waals surface area contributed by atoms with Gasteiger partial charge in [0, 0.05) is 24.1 Å². The first-order chi connectivity index (χ1) is 16.4. The van der Waals surface area contributed by atoms with Crippen molar-refractivity contribution in [2.24, 2.45) is 0 Å². The number of aromatic nitrogens is 3. The van der Waals surface area contributed by atoms with Crippen LogP contribution in [0.2, 0.25) is 0 Å². The van der Waals surface area contributed by atoms with Crippen molar-refractivity contribution in [1.82, 2.24) is 25.2 Å². The van der Waals surface area contributed by atoms with Crippen LogP contribution in [0, 0.1) is 0 Å². The number of methoxy groups -OCH3 is 1. The third-order valence-corrected chi connectivity index (χ3v) is 6.06. The Morgan fingerprint density at radius 3 is 2.82 bits per heavy atom. The number of nitrogens with one attached hydrogen (secondary N) is 1. The Bertz CT molecular complexity index is 1330. The molecule has 1 aromatic heterocycles. The molecule has 172 valence electrons.